The van der Waals surface area contributed by atoms with Crippen LogP contribution >= 0.6 is 34.4 Å². The molecule has 2 aromatic rings. The zero-order valence-electron chi connectivity index (χ0n) is 11.8. The molecule has 2 aromatic heterocycles. The van der Waals surface area contributed by atoms with Crippen molar-refractivity contribution < 1.29 is 9.59 Å². The SMILES string of the molecule is Cc1sc(C=O)cc1C1=C(c2cc(C=O)sc2C)CSC1. The molecular formula is C16H14O2S3. The van der Waals surface area contributed by atoms with E-state index in [-0.39, 0.29) is 0 Å². The number of thioether (sulfide) groups is 1. The molecule has 0 radical (unpaired) electrons. The van der Waals surface area contributed by atoms with Crippen LogP contribution in [0.2, 0.25) is 0 Å². The molecule has 1 aliphatic rings. The molecule has 0 aliphatic carbocycles. The minimum absolute atomic E-state index is 0.780. The molecule has 0 spiro atoms. The van der Waals surface area contributed by atoms with Crippen molar-refractivity contribution in [3.63, 3.8) is 0 Å². The third-order valence-corrected chi connectivity index (χ3v) is 6.55. The number of rotatable bonds is 4. The van der Waals surface area contributed by atoms with Crippen LogP contribution in [0, 0.1) is 13.8 Å². The van der Waals surface area contributed by atoms with Gasteiger partial charge in [-0.1, -0.05) is 0 Å². The summed E-state index contributed by atoms with van der Waals surface area (Å²) in [7, 11) is 0. The summed E-state index contributed by atoms with van der Waals surface area (Å²) >= 11 is 4.98. The lowest BCUT2D eigenvalue weighted by Crippen LogP contribution is -1.90. The quantitative estimate of drug-likeness (QED) is 0.759. The molecule has 21 heavy (non-hydrogen) atoms. The molecule has 1 aliphatic heterocycles. The van der Waals surface area contributed by atoms with Gasteiger partial charge in [0, 0.05) is 21.3 Å². The highest BCUT2D eigenvalue weighted by atomic mass is 32.2. The summed E-state index contributed by atoms with van der Waals surface area (Å²) in [5, 5.41) is 0. The van der Waals surface area contributed by atoms with Crippen molar-refractivity contribution in [1.82, 2.24) is 0 Å². The monoisotopic (exact) mass is 334 g/mol. The van der Waals surface area contributed by atoms with Gasteiger partial charge >= 0.3 is 0 Å². The summed E-state index contributed by atoms with van der Waals surface area (Å²) in [6.45, 7) is 4.13. The Morgan fingerprint density at radius 2 is 1.29 bits per heavy atom. The molecule has 3 rings (SSSR count). The zero-order valence-corrected chi connectivity index (χ0v) is 14.2. The lowest BCUT2D eigenvalue weighted by molar-refractivity contribution is 0.111. The molecule has 2 nitrogen and oxygen atoms in total. The third-order valence-electron chi connectivity index (χ3n) is 3.61. The van der Waals surface area contributed by atoms with Crippen molar-refractivity contribution in [2.75, 3.05) is 11.5 Å². The maximum absolute atomic E-state index is 11.0. The van der Waals surface area contributed by atoms with E-state index >= 15 is 0 Å². The predicted molar refractivity (Wildman–Crippen MR) is 93.0 cm³/mol. The van der Waals surface area contributed by atoms with Crippen molar-refractivity contribution in [2.24, 2.45) is 0 Å². The molecule has 0 amide bonds. The molecule has 0 atom stereocenters. The number of hydrogen-bond donors (Lipinski definition) is 0. The van der Waals surface area contributed by atoms with E-state index in [2.05, 4.69) is 13.8 Å². The van der Waals surface area contributed by atoms with Gasteiger partial charge in [0.1, 0.15) is 0 Å². The van der Waals surface area contributed by atoms with E-state index < -0.39 is 0 Å². The van der Waals surface area contributed by atoms with E-state index in [0.717, 1.165) is 33.8 Å². The van der Waals surface area contributed by atoms with Gasteiger partial charge in [-0.25, -0.2) is 0 Å². The smallest absolute Gasteiger partial charge is 0.160 e. The van der Waals surface area contributed by atoms with Gasteiger partial charge in [-0.15, -0.1) is 22.7 Å². The van der Waals surface area contributed by atoms with Crippen molar-refractivity contribution in [2.45, 2.75) is 13.8 Å². The third kappa shape index (κ3) is 2.65. The first-order valence-corrected chi connectivity index (χ1v) is 9.34. The highest BCUT2D eigenvalue weighted by Crippen LogP contribution is 2.43. The van der Waals surface area contributed by atoms with Crippen LogP contribution in [0.5, 0.6) is 0 Å². The topological polar surface area (TPSA) is 34.1 Å². The van der Waals surface area contributed by atoms with E-state index in [0.29, 0.717) is 0 Å². The molecule has 3 heterocycles. The number of aryl methyl sites for hydroxylation is 2. The van der Waals surface area contributed by atoms with Crippen molar-refractivity contribution in [3.05, 3.63) is 42.8 Å². The second kappa shape index (κ2) is 5.91. The average molecular weight is 334 g/mol. The molecular weight excluding hydrogens is 320 g/mol. The Morgan fingerprint density at radius 1 is 0.857 bits per heavy atom. The molecule has 0 saturated carbocycles. The Labute approximate surface area is 135 Å². The van der Waals surface area contributed by atoms with Crippen LogP contribution in [0.4, 0.5) is 0 Å². The van der Waals surface area contributed by atoms with E-state index in [9.17, 15) is 9.59 Å². The Bertz CT molecular complexity index is 687. The molecule has 108 valence electrons. The lowest BCUT2D eigenvalue weighted by atomic mass is 9.97. The number of thiophene rings is 2. The number of aldehydes is 2. The van der Waals surface area contributed by atoms with Crippen LogP contribution in [-0.4, -0.2) is 24.1 Å². The average Bonchev–Trinajstić information content (AvgIpc) is 3.16. The molecule has 0 unspecified atom stereocenters. The van der Waals surface area contributed by atoms with E-state index in [1.165, 1.54) is 32.0 Å². The second-order valence-corrected chi connectivity index (χ2v) is 8.48. The fraction of sp³-hybridized carbons (Fsp3) is 0.250. The summed E-state index contributed by atoms with van der Waals surface area (Å²) < 4.78 is 0. The van der Waals surface area contributed by atoms with Gasteiger partial charge in [-0.2, -0.15) is 11.8 Å². The van der Waals surface area contributed by atoms with Gasteiger partial charge in [0.15, 0.2) is 12.6 Å². The Balaban J connectivity index is 2.13. The lowest BCUT2D eigenvalue weighted by Gasteiger charge is -2.06. The van der Waals surface area contributed by atoms with E-state index in [4.69, 9.17) is 0 Å². The zero-order chi connectivity index (χ0) is 15.0. The number of hydrogen-bond acceptors (Lipinski definition) is 5. The first kappa shape index (κ1) is 14.8. The van der Waals surface area contributed by atoms with Crippen LogP contribution in [0.3, 0.4) is 0 Å². The summed E-state index contributed by atoms with van der Waals surface area (Å²) in [4.78, 5) is 25.9. The van der Waals surface area contributed by atoms with Crippen LogP contribution in [-0.2, 0) is 0 Å². The van der Waals surface area contributed by atoms with Gasteiger partial charge < -0.3 is 0 Å². The van der Waals surface area contributed by atoms with Crippen LogP contribution in [0.1, 0.15) is 40.2 Å². The fourth-order valence-electron chi connectivity index (χ4n) is 2.64. The summed E-state index contributed by atoms with van der Waals surface area (Å²) in [6, 6.07) is 3.99. The molecule has 0 aromatic carbocycles. The van der Waals surface area contributed by atoms with E-state index in [1.54, 1.807) is 22.7 Å². The maximum atomic E-state index is 11.0. The Morgan fingerprint density at radius 3 is 1.62 bits per heavy atom. The summed E-state index contributed by atoms with van der Waals surface area (Å²) in [5.74, 6) is 1.94. The first-order valence-electron chi connectivity index (χ1n) is 6.55. The Hall–Kier alpha value is -1.17. The maximum Gasteiger partial charge on any atom is 0.160 e. The fourth-order valence-corrected chi connectivity index (χ4v) is 5.55. The van der Waals surface area contributed by atoms with Crippen LogP contribution in [0.25, 0.3) is 11.1 Å². The molecule has 0 saturated heterocycles. The van der Waals surface area contributed by atoms with Gasteiger partial charge in [-0.05, 0) is 48.3 Å². The summed E-state index contributed by atoms with van der Waals surface area (Å²) in [5.41, 5.74) is 5.03. The van der Waals surface area contributed by atoms with Gasteiger partial charge in [-0.3, -0.25) is 9.59 Å². The normalized spacial score (nSPS) is 14.8. The van der Waals surface area contributed by atoms with Crippen LogP contribution < -0.4 is 0 Å². The number of carbonyl (C=O) groups is 2. The largest absolute Gasteiger partial charge is 0.297 e. The van der Waals surface area contributed by atoms with Crippen molar-refractivity contribution >= 4 is 58.2 Å². The molecule has 0 fully saturated rings. The van der Waals surface area contributed by atoms with Crippen molar-refractivity contribution in [1.29, 1.82) is 0 Å². The highest BCUT2D eigenvalue weighted by Gasteiger charge is 2.23. The molecule has 5 heteroatoms. The van der Waals surface area contributed by atoms with Gasteiger partial charge in [0.2, 0.25) is 0 Å². The highest BCUT2D eigenvalue weighted by molar-refractivity contribution is 8.00. The minimum atomic E-state index is 0.780. The predicted octanol–water partition coefficient (Wildman–Crippen LogP) is 4.71. The van der Waals surface area contributed by atoms with Crippen LogP contribution in [0.15, 0.2) is 12.1 Å². The van der Waals surface area contributed by atoms with Gasteiger partial charge in [0.25, 0.3) is 0 Å². The first-order chi connectivity index (χ1) is 10.1. The molecule has 0 N–H and O–H groups in total. The number of carbonyl (C=O) groups excluding carboxylic acids is 2. The van der Waals surface area contributed by atoms with Gasteiger partial charge in [0.05, 0.1) is 9.75 Å². The Kier molecular flexibility index (Phi) is 4.15. The second-order valence-electron chi connectivity index (χ2n) is 4.92. The van der Waals surface area contributed by atoms with Crippen molar-refractivity contribution in [3.8, 4) is 0 Å². The standard InChI is InChI=1S/C16H14O2S3/c1-9-13(3-11(5-17)20-9)15-7-19-8-16(15)14-4-12(6-18)21-10(14)2/h3-6H,7-8H2,1-2H3. The minimum Gasteiger partial charge on any atom is -0.297 e. The summed E-state index contributed by atoms with van der Waals surface area (Å²) in [6.07, 6.45) is 1.84. The molecule has 0 bridgehead atoms. The van der Waals surface area contributed by atoms with E-state index in [1.807, 2.05) is 23.9 Å².